The van der Waals surface area contributed by atoms with Crippen molar-refractivity contribution in [2.24, 2.45) is 9.98 Å². The fourth-order valence-corrected chi connectivity index (χ4v) is 4.28. The lowest BCUT2D eigenvalue weighted by Gasteiger charge is -2.36. The second-order valence-corrected chi connectivity index (χ2v) is 8.25. The number of fused-ring (bicyclic) bond motifs is 1. The van der Waals surface area contributed by atoms with Crippen LogP contribution in [0.3, 0.4) is 0 Å². The van der Waals surface area contributed by atoms with Gasteiger partial charge in [0.25, 0.3) is 0 Å². The third-order valence-electron chi connectivity index (χ3n) is 3.95. The number of nitrogens with zero attached hydrogens (tertiary/aromatic N) is 3. The Morgan fingerprint density at radius 1 is 1.08 bits per heavy atom. The number of alkyl halides is 7. The zero-order valence-electron chi connectivity index (χ0n) is 13.2. The Morgan fingerprint density at radius 2 is 1.65 bits per heavy atom. The normalized spacial score (nSPS) is 25.6. The van der Waals surface area contributed by atoms with Crippen LogP contribution in [-0.2, 0) is 0 Å². The van der Waals surface area contributed by atoms with Crippen molar-refractivity contribution in [2.75, 3.05) is 11.9 Å². The summed E-state index contributed by atoms with van der Waals surface area (Å²) in [4.78, 5) is 7.55. The molecule has 0 spiro atoms. The van der Waals surface area contributed by atoms with Crippen LogP contribution in [0.5, 0.6) is 0 Å². The summed E-state index contributed by atoms with van der Waals surface area (Å²) >= 11 is 4.14. The molecule has 0 aromatic heterocycles. The van der Waals surface area contributed by atoms with Gasteiger partial charge in [-0.1, -0.05) is 58.0 Å². The number of amidine groups is 2. The molecule has 0 amide bonds. The van der Waals surface area contributed by atoms with Crippen molar-refractivity contribution in [3.8, 4) is 0 Å². The molecular weight excluding hydrogens is 448 g/mol. The fraction of sp³-hybridized carbons (Fsp3) is 0.467. The molecule has 26 heavy (non-hydrogen) atoms. The molecular formula is C15H12BrF6N3S. The van der Waals surface area contributed by atoms with Gasteiger partial charge in [-0.3, -0.25) is 0 Å². The zero-order chi connectivity index (χ0) is 19.4. The molecule has 3 rings (SSSR count). The van der Waals surface area contributed by atoms with E-state index in [1.54, 1.807) is 13.0 Å². The number of benzene rings is 1. The van der Waals surface area contributed by atoms with Crippen LogP contribution in [0.4, 0.5) is 26.3 Å². The van der Waals surface area contributed by atoms with Crippen molar-refractivity contribution in [1.82, 2.24) is 4.90 Å². The molecule has 0 radical (unpaired) electrons. The van der Waals surface area contributed by atoms with E-state index in [-0.39, 0.29) is 23.1 Å². The Balaban J connectivity index is 2.26. The predicted molar refractivity (Wildman–Crippen MR) is 91.8 cm³/mol. The van der Waals surface area contributed by atoms with Gasteiger partial charge < -0.3 is 4.90 Å². The summed E-state index contributed by atoms with van der Waals surface area (Å²) in [5.41, 5.74) is -4.35. The number of hydrogen-bond acceptors (Lipinski definition) is 4. The Morgan fingerprint density at radius 3 is 2.15 bits per heavy atom. The minimum atomic E-state index is -5.72. The molecule has 11 heteroatoms. The number of thioether (sulfide) groups is 1. The van der Waals surface area contributed by atoms with E-state index in [2.05, 4.69) is 25.9 Å². The maximum atomic E-state index is 13.5. The van der Waals surface area contributed by atoms with E-state index in [0.29, 0.717) is 5.33 Å². The molecule has 1 aromatic rings. The summed E-state index contributed by atoms with van der Waals surface area (Å²) in [5, 5.41) is 0.0308. The van der Waals surface area contributed by atoms with Crippen LogP contribution >= 0.6 is 27.7 Å². The lowest BCUT2D eigenvalue weighted by Crippen LogP contribution is -2.58. The van der Waals surface area contributed by atoms with Gasteiger partial charge in [0.2, 0.25) is 0 Å². The Bertz CT molecular complexity index is 747. The van der Waals surface area contributed by atoms with Crippen LogP contribution in [-0.4, -0.2) is 50.5 Å². The van der Waals surface area contributed by atoms with Crippen LogP contribution < -0.4 is 0 Å². The van der Waals surface area contributed by atoms with Crippen LogP contribution in [0, 0.1) is 0 Å². The predicted octanol–water partition coefficient (Wildman–Crippen LogP) is 4.83. The largest absolute Gasteiger partial charge is 0.443 e. The van der Waals surface area contributed by atoms with Gasteiger partial charge in [-0.05, 0) is 6.92 Å². The molecule has 1 saturated heterocycles. The Hall–Kier alpha value is -1.23. The third kappa shape index (κ3) is 3.02. The molecule has 1 atom stereocenters. The smallest absolute Gasteiger partial charge is 0.304 e. The van der Waals surface area contributed by atoms with Crippen LogP contribution in [0.25, 0.3) is 0 Å². The first-order valence-corrected chi connectivity index (χ1v) is 9.27. The first kappa shape index (κ1) is 19.5. The SMILES string of the molecule is C[C@]1(CBr)CN2C(=NC(C(F)(F)F)(C(F)(F)F)N=C2c2ccccc2)S1. The second-order valence-electron chi connectivity index (χ2n) is 6.14. The number of hydrogen-bond donors (Lipinski definition) is 0. The van der Waals surface area contributed by atoms with E-state index in [1.165, 1.54) is 29.2 Å². The number of rotatable bonds is 2. The maximum absolute atomic E-state index is 13.5. The summed E-state index contributed by atoms with van der Waals surface area (Å²) < 4.78 is 80.6. The van der Waals surface area contributed by atoms with Crippen molar-refractivity contribution in [3.63, 3.8) is 0 Å². The van der Waals surface area contributed by atoms with Gasteiger partial charge in [0.1, 0.15) is 5.84 Å². The molecule has 0 unspecified atom stereocenters. The molecule has 142 valence electrons. The second kappa shape index (κ2) is 6.15. The van der Waals surface area contributed by atoms with E-state index >= 15 is 0 Å². The number of halogens is 7. The monoisotopic (exact) mass is 459 g/mol. The van der Waals surface area contributed by atoms with E-state index in [0.717, 1.165) is 11.8 Å². The summed E-state index contributed by atoms with van der Waals surface area (Å²) in [6.45, 7) is 1.92. The molecule has 0 N–H and O–H groups in total. The van der Waals surface area contributed by atoms with Crippen molar-refractivity contribution in [2.45, 2.75) is 29.7 Å². The molecule has 2 aliphatic heterocycles. The summed E-state index contributed by atoms with van der Waals surface area (Å²) in [6.07, 6.45) is -11.4. The first-order valence-electron chi connectivity index (χ1n) is 7.34. The third-order valence-corrected chi connectivity index (χ3v) is 6.82. The van der Waals surface area contributed by atoms with Crippen molar-refractivity contribution in [3.05, 3.63) is 35.9 Å². The summed E-state index contributed by atoms with van der Waals surface area (Å²) in [6, 6.07) is 7.52. The van der Waals surface area contributed by atoms with Crippen molar-refractivity contribution >= 4 is 38.7 Å². The lowest BCUT2D eigenvalue weighted by atomic mass is 10.1. The zero-order valence-corrected chi connectivity index (χ0v) is 15.6. The Labute approximate surface area is 157 Å². The fourth-order valence-electron chi connectivity index (χ4n) is 2.63. The maximum Gasteiger partial charge on any atom is 0.443 e. The van der Waals surface area contributed by atoms with Crippen molar-refractivity contribution in [1.29, 1.82) is 0 Å². The highest BCUT2D eigenvalue weighted by atomic mass is 79.9. The van der Waals surface area contributed by atoms with Gasteiger partial charge in [0, 0.05) is 22.2 Å². The average molecular weight is 460 g/mol. The molecule has 2 aliphatic rings. The molecule has 1 aromatic carbocycles. The molecule has 2 heterocycles. The van der Waals surface area contributed by atoms with Gasteiger partial charge >= 0.3 is 18.0 Å². The number of aliphatic imine (C=N–C) groups is 2. The summed E-state index contributed by atoms with van der Waals surface area (Å²) in [5.74, 6) is -0.387. The molecule has 0 bridgehead atoms. The van der Waals surface area contributed by atoms with Gasteiger partial charge in [-0.25, -0.2) is 9.98 Å². The molecule has 1 fully saturated rings. The van der Waals surface area contributed by atoms with E-state index in [9.17, 15) is 26.3 Å². The molecule has 0 aliphatic carbocycles. The van der Waals surface area contributed by atoms with Crippen LogP contribution in [0.15, 0.2) is 40.3 Å². The van der Waals surface area contributed by atoms with Gasteiger partial charge in [-0.2, -0.15) is 26.3 Å². The highest BCUT2D eigenvalue weighted by Crippen LogP contribution is 2.51. The van der Waals surface area contributed by atoms with Gasteiger partial charge in [0.05, 0.1) is 0 Å². The summed E-state index contributed by atoms with van der Waals surface area (Å²) in [7, 11) is 0. The van der Waals surface area contributed by atoms with Gasteiger partial charge in [-0.15, -0.1) is 0 Å². The minimum absolute atomic E-state index is 0.164. The molecule has 0 saturated carbocycles. The topological polar surface area (TPSA) is 28.0 Å². The van der Waals surface area contributed by atoms with E-state index in [4.69, 9.17) is 0 Å². The highest BCUT2D eigenvalue weighted by Gasteiger charge is 2.74. The van der Waals surface area contributed by atoms with E-state index in [1.807, 2.05) is 0 Å². The first-order chi connectivity index (χ1) is 11.9. The quantitative estimate of drug-likeness (QED) is 0.468. The van der Waals surface area contributed by atoms with Gasteiger partial charge in [0.15, 0.2) is 5.17 Å². The molecule has 3 nitrogen and oxygen atoms in total. The highest BCUT2D eigenvalue weighted by molar-refractivity contribution is 9.09. The lowest BCUT2D eigenvalue weighted by molar-refractivity contribution is -0.292. The van der Waals surface area contributed by atoms with Crippen molar-refractivity contribution < 1.29 is 26.3 Å². The minimum Gasteiger partial charge on any atom is -0.304 e. The van der Waals surface area contributed by atoms with Crippen LogP contribution in [0.1, 0.15) is 12.5 Å². The Kier molecular flexibility index (Phi) is 4.62. The standard InChI is InChI=1S/C15H12BrF6N3S/c1-12(7-16)8-25-10(9-5-3-2-4-6-9)23-13(14(17,18)19,15(20,21)22)24-11(25)26-12/h2-6H,7-8H2,1H3/t12-/m0/s1. The average Bonchev–Trinajstić information content (AvgIpc) is 2.89. The van der Waals surface area contributed by atoms with Crippen LogP contribution in [0.2, 0.25) is 0 Å². The van der Waals surface area contributed by atoms with E-state index < -0.39 is 22.8 Å².